The van der Waals surface area contributed by atoms with Crippen LogP contribution in [-0.4, -0.2) is 35.4 Å². The van der Waals surface area contributed by atoms with Gasteiger partial charge in [-0.15, -0.1) is 10.9 Å². The smallest absolute Gasteiger partial charge is 0.191 e. The number of hydrogen-bond donors (Lipinski definition) is 2. The van der Waals surface area contributed by atoms with E-state index in [9.17, 15) is 0 Å². The van der Waals surface area contributed by atoms with Gasteiger partial charge in [-0.1, -0.05) is 12.1 Å². The molecule has 1 N–H and O–H groups in total. The van der Waals surface area contributed by atoms with Gasteiger partial charge in [0.25, 0.3) is 0 Å². The van der Waals surface area contributed by atoms with Crippen molar-refractivity contribution in [2.45, 2.75) is 10.2 Å². The summed E-state index contributed by atoms with van der Waals surface area (Å²) in [6, 6.07) is 9.78. The van der Waals surface area contributed by atoms with Gasteiger partial charge in [-0.25, -0.2) is 9.97 Å². The summed E-state index contributed by atoms with van der Waals surface area (Å²) in [7, 11) is 2.51. The molecule has 21 heavy (non-hydrogen) atoms. The molecule has 110 valence electrons. The van der Waals surface area contributed by atoms with Crippen LogP contribution < -0.4 is 9.47 Å². The third-order valence-corrected chi connectivity index (χ3v) is 5.09. The van der Waals surface area contributed by atoms with Crippen molar-refractivity contribution in [1.29, 1.82) is 0 Å². The molecule has 1 aromatic carbocycles. The summed E-state index contributed by atoms with van der Waals surface area (Å²) < 4.78 is 10.8. The molecule has 0 bridgehead atoms. The molecule has 1 unspecified atom stereocenters. The predicted octanol–water partition coefficient (Wildman–Crippen LogP) is 3.02. The molecule has 0 saturated heterocycles. The van der Waals surface area contributed by atoms with Gasteiger partial charge in [0, 0.05) is 12.3 Å². The fourth-order valence-corrected chi connectivity index (χ4v) is 3.70. The molecule has 0 spiro atoms. The Balaban J connectivity index is 2.07. The molecule has 3 aromatic rings. The first kappa shape index (κ1) is 13.8. The van der Waals surface area contributed by atoms with E-state index >= 15 is 0 Å². The Labute approximate surface area is 125 Å². The van der Waals surface area contributed by atoms with Crippen LogP contribution >= 0.6 is 10.9 Å². The standard InChI is InChI=1S/C15H17N3O2S/c1-19-12-8-9-16-14(13(12)20-2)21(3)15-17-10-6-4-5-7-11(10)18-15/h4-9,21H,1-3H3,(H,17,18). The number of methoxy groups -OCH3 is 2. The number of hydrogen-bond acceptors (Lipinski definition) is 4. The fraction of sp³-hybridized carbons (Fsp3) is 0.200. The number of benzene rings is 1. The van der Waals surface area contributed by atoms with E-state index in [1.165, 1.54) is 0 Å². The molecule has 5 nitrogen and oxygen atoms in total. The summed E-state index contributed by atoms with van der Waals surface area (Å²) in [5.74, 6) is 1.36. The number of rotatable bonds is 4. The first-order valence-electron chi connectivity index (χ1n) is 6.50. The molecular formula is C15H17N3O2S. The van der Waals surface area contributed by atoms with E-state index < -0.39 is 10.9 Å². The van der Waals surface area contributed by atoms with Crippen molar-refractivity contribution in [2.75, 3.05) is 20.5 Å². The number of aromatic amines is 1. The summed E-state index contributed by atoms with van der Waals surface area (Å²) in [5, 5.41) is 1.79. The van der Waals surface area contributed by atoms with Gasteiger partial charge in [-0.05, 0) is 18.4 Å². The van der Waals surface area contributed by atoms with E-state index in [1.807, 2.05) is 24.3 Å². The number of H-pyrrole nitrogens is 1. The van der Waals surface area contributed by atoms with Gasteiger partial charge >= 0.3 is 0 Å². The first-order valence-corrected chi connectivity index (χ1v) is 8.29. The lowest BCUT2D eigenvalue weighted by atomic mass is 10.3. The fourth-order valence-electron chi connectivity index (χ4n) is 2.21. The van der Waals surface area contributed by atoms with Crippen molar-refractivity contribution in [3.63, 3.8) is 0 Å². The van der Waals surface area contributed by atoms with Crippen LogP contribution in [0, 0.1) is 0 Å². The third kappa shape index (κ3) is 2.42. The first-order chi connectivity index (χ1) is 10.2. The number of ether oxygens (including phenoxy) is 2. The Kier molecular flexibility index (Phi) is 3.70. The molecule has 0 saturated carbocycles. The summed E-state index contributed by atoms with van der Waals surface area (Å²) in [6.45, 7) is 0. The molecule has 0 aliphatic carbocycles. The zero-order valence-electron chi connectivity index (χ0n) is 12.1. The molecule has 0 fully saturated rings. The average molecular weight is 303 g/mol. The van der Waals surface area contributed by atoms with E-state index in [1.54, 1.807) is 26.5 Å². The number of aromatic nitrogens is 3. The lowest BCUT2D eigenvalue weighted by Gasteiger charge is -2.17. The summed E-state index contributed by atoms with van der Waals surface area (Å²) in [6.07, 6.45) is 3.84. The highest BCUT2D eigenvalue weighted by molar-refractivity contribution is 8.16. The van der Waals surface area contributed by atoms with Crippen LogP contribution in [0.25, 0.3) is 11.0 Å². The quantitative estimate of drug-likeness (QED) is 0.727. The van der Waals surface area contributed by atoms with Gasteiger partial charge in [-0.2, -0.15) is 0 Å². The number of nitrogens with zero attached hydrogens (tertiary/aromatic N) is 2. The van der Waals surface area contributed by atoms with E-state index in [0.29, 0.717) is 11.5 Å². The lowest BCUT2D eigenvalue weighted by Crippen LogP contribution is -1.98. The highest BCUT2D eigenvalue weighted by Gasteiger charge is 2.18. The van der Waals surface area contributed by atoms with Crippen LogP contribution in [0.2, 0.25) is 0 Å². The van der Waals surface area contributed by atoms with E-state index in [4.69, 9.17) is 9.47 Å². The minimum absolute atomic E-state index is 0.675. The van der Waals surface area contributed by atoms with Crippen molar-refractivity contribution >= 4 is 21.9 Å². The van der Waals surface area contributed by atoms with Crippen molar-refractivity contribution in [2.24, 2.45) is 0 Å². The summed E-state index contributed by atoms with van der Waals surface area (Å²) in [4.78, 5) is 12.5. The normalized spacial score (nSPS) is 13.2. The van der Waals surface area contributed by atoms with Gasteiger partial charge in [0.2, 0.25) is 0 Å². The maximum Gasteiger partial charge on any atom is 0.191 e. The van der Waals surface area contributed by atoms with E-state index in [2.05, 4.69) is 21.2 Å². The number of pyridine rings is 1. The maximum absolute atomic E-state index is 5.47. The number of fused-ring (bicyclic) bond motifs is 1. The van der Waals surface area contributed by atoms with Crippen LogP contribution in [0.4, 0.5) is 0 Å². The Bertz CT molecular complexity index is 739. The molecule has 1 atom stereocenters. The number of nitrogens with one attached hydrogen (secondary N) is 1. The van der Waals surface area contributed by atoms with Crippen molar-refractivity contribution in [3.05, 3.63) is 36.5 Å². The maximum atomic E-state index is 5.47. The molecular weight excluding hydrogens is 286 g/mol. The van der Waals surface area contributed by atoms with Crippen LogP contribution in [-0.2, 0) is 0 Å². The van der Waals surface area contributed by atoms with Gasteiger partial charge in [0.05, 0.1) is 25.3 Å². The molecule has 6 heteroatoms. The Morgan fingerprint density at radius 2 is 1.90 bits per heavy atom. The van der Waals surface area contributed by atoms with E-state index in [0.717, 1.165) is 21.2 Å². The second-order valence-corrected chi connectivity index (χ2v) is 6.47. The van der Waals surface area contributed by atoms with Gasteiger partial charge in [0.15, 0.2) is 16.7 Å². The van der Waals surface area contributed by atoms with E-state index in [-0.39, 0.29) is 0 Å². The SMILES string of the molecule is COc1ccnc([SH](C)c2nc3ccccc3[nH]2)c1OC. The minimum Gasteiger partial charge on any atom is -0.493 e. The van der Waals surface area contributed by atoms with Crippen molar-refractivity contribution < 1.29 is 9.47 Å². The number of imidazole rings is 1. The summed E-state index contributed by atoms with van der Waals surface area (Å²) in [5.41, 5.74) is 1.99. The third-order valence-electron chi connectivity index (χ3n) is 3.29. The largest absolute Gasteiger partial charge is 0.493 e. The number of thiol groups is 1. The molecule has 0 aliphatic heterocycles. The predicted molar refractivity (Wildman–Crippen MR) is 84.9 cm³/mol. The Morgan fingerprint density at radius 1 is 1.10 bits per heavy atom. The molecule has 0 radical (unpaired) electrons. The highest BCUT2D eigenvalue weighted by atomic mass is 32.2. The highest BCUT2D eigenvalue weighted by Crippen LogP contribution is 2.46. The molecule has 0 amide bonds. The number of para-hydroxylation sites is 2. The van der Waals surface area contributed by atoms with Crippen LogP contribution in [0.5, 0.6) is 11.5 Å². The van der Waals surface area contributed by atoms with Crippen LogP contribution in [0.3, 0.4) is 0 Å². The Hall–Kier alpha value is -2.21. The minimum atomic E-state index is -0.749. The second kappa shape index (κ2) is 5.65. The monoisotopic (exact) mass is 303 g/mol. The van der Waals surface area contributed by atoms with Crippen LogP contribution in [0.15, 0.2) is 46.7 Å². The second-order valence-electron chi connectivity index (χ2n) is 4.51. The summed E-state index contributed by atoms with van der Waals surface area (Å²) >= 11 is 0. The topological polar surface area (TPSA) is 60.0 Å². The average Bonchev–Trinajstić information content (AvgIpc) is 2.97. The van der Waals surface area contributed by atoms with Gasteiger partial charge in [0.1, 0.15) is 5.03 Å². The molecule has 3 rings (SSSR count). The zero-order valence-corrected chi connectivity index (χ0v) is 13.0. The van der Waals surface area contributed by atoms with Crippen LogP contribution in [0.1, 0.15) is 0 Å². The molecule has 2 aromatic heterocycles. The zero-order chi connectivity index (χ0) is 14.8. The molecule has 0 aliphatic rings. The van der Waals surface area contributed by atoms with Gasteiger partial charge < -0.3 is 14.5 Å². The lowest BCUT2D eigenvalue weighted by molar-refractivity contribution is 0.344. The van der Waals surface area contributed by atoms with Crippen molar-refractivity contribution in [1.82, 2.24) is 15.0 Å². The van der Waals surface area contributed by atoms with Crippen molar-refractivity contribution in [3.8, 4) is 11.5 Å². The Morgan fingerprint density at radius 3 is 2.62 bits per heavy atom. The molecule has 2 heterocycles. The van der Waals surface area contributed by atoms with Gasteiger partial charge in [-0.3, -0.25) is 0 Å².